The summed E-state index contributed by atoms with van der Waals surface area (Å²) in [5.41, 5.74) is 0.660. The van der Waals surface area contributed by atoms with Gasteiger partial charge in [0.2, 0.25) is 0 Å². The molecule has 3 atom stereocenters. The molecule has 2 heterocycles. The number of rotatable bonds is 2. The molecule has 6 nitrogen and oxygen atoms in total. The Morgan fingerprint density at radius 1 is 1.26 bits per heavy atom. The van der Waals surface area contributed by atoms with Gasteiger partial charge in [-0.3, -0.25) is 9.59 Å². The average molecular weight is 440 g/mol. The molecule has 1 aromatic carbocycles. The van der Waals surface area contributed by atoms with Crippen molar-refractivity contribution in [2.45, 2.75) is 70.2 Å². The standard InChI is InChI=1S/C22H27F3N2O4/c1-20(2)17-10-12-9-15(28)14(26-18(29)16-5-4-8-31-16)11-13(12)21(20,3)6-7-27(17)19(30)22(23,24)25/h9,11,16-17,28H,4-8,10H2,1-3H3,(H,26,29)/t16-,17-,21+/m1/s1. The molecule has 2 bridgehead atoms. The highest BCUT2D eigenvalue weighted by molar-refractivity contribution is 5.95. The van der Waals surface area contributed by atoms with Crippen molar-refractivity contribution in [3.63, 3.8) is 0 Å². The third kappa shape index (κ3) is 3.37. The highest BCUT2D eigenvalue weighted by atomic mass is 19.4. The first kappa shape index (κ1) is 21.9. The molecule has 0 saturated carbocycles. The Kier molecular flexibility index (Phi) is 5.03. The predicted molar refractivity (Wildman–Crippen MR) is 107 cm³/mol. The van der Waals surface area contributed by atoms with Crippen molar-refractivity contribution in [3.8, 4) is 5.75 Å². The second-order valence-electron chi connectivity index (χ2n) is 9.54. The number of carbonyl (C=O) groups excluding carboxylic acids is 2. The van der Waals surface area contributed by atoms with Crippen molar-refractivity contribution < 1.29 is 32.6 Å². The van der Waals surface area contributed by atoms with E-state index in [9.17, 15) is 27.9 Å². The first-order valence-electron chi connectivity index (χ1n) is 10.5. The normalized spacial score (nSPS) is 29.4. The van der Waals surface area contributed by atoms with E-state index >= 15 is 0 Å². The predicted octanol–water partition coefficient (Wildman–Crippen LogP) is 3.51. The number of amides is 2. The minimum Gasteiger partial charge on any atom is -0.506 e. The molecule has 0 radical (unpaired) electrons. The number of nitrogens with zero attached hydrogens (tertiary/aromatic N) is 1. The molecule has 1 aromatic rings. The molecule has 0 unspecified atom stereocenters. The van der Waals surface area contributed by atoms with Crippen LogP contribution in [0, 0.1) is 5.41 Å². The fraction of sp³-hybridized carbons (Fsp3) is 0.636. The van der Waals surface area contributed by atoms with Gasteiger partial charge in [-0.2, -0.15) is 13.2 Å². The molecule has 2 fully saturated rings. The lowest BCUT2D eigenvalue weighted by molar-refractivity contribution is -0.195. The molecule has 9 heteroatoms. The quantitative estimate of drug-likeness (QED) is 0.690. The topological polar surface area (TPSA) is 78.9 Å². The molecule has 4 rings (SSSR count). The highest BCUT2D eigenvalue weighted by Gasteiger charge is 2.59. The van der Waals surface area contributed by atoms with Gasteiger partial charge in [0.1, 0.15) is 11.9 Å². The van der Waals surface area contributed by atoms with Gasteiger partial charge in [-0.25, -0.2) is 0 Å². The van der Waals surface area contributed by atoms with Crippen LogP contribution in [-0.2, 0) is 26.2 Å². The summed E-state index contributed by atoms with van der Waals surface area (Å²) in [7, 11) is 0. The number of hydrogen-bond acceptors (Lipinski definition) is 4. The van der Waals surface area contributed by atoms with Crippen molar-refractivity contribution in [3.05, 3.63) is 23.3 Å². The zero-order valence-electron chi connectivity index (χ0n) is 17.8. The van der Waals surface area contributed by atoms with Crippen LogP contribution >= 0.6 is 0 Å². The number of alkyl halides is 3. The lowest BCUT2D eigenvalue weighted by Gasteiger charge is -2.60. The average Bonchev–Trinajstić information content (AvgIpc) is 3.20. The van der Waals surface area contributed by atoms with E-state index in [-0.39, 0.29) is 30.3 Å². The number of halogens is 3. The first-order chi connectivity index (χ1) is 14.4. The Hall–Kier alpha value is -2.29. The zero-order valence-corrected chi connectivity index (χ0v) is 17.8. The Morgan fingerprint density at radius 2 is 1.97 bits per heavy atom. The van der Waals surface area contributed by atoms with E-state index < -0.39 is 35.1 Å². The van der Waals surface area contributed by atoms with Gasteiger partial charge >= 0.3 is 12.1 Å². The van der Waals surface area contributed by atoms with Crippen LogP contribution in [0.3, 0.4) is 0 Å². The minimum atomic E-state index is -4.93. The summed E-state index contributed by atoms with van der Waals surface area (Å²) in [6.07, 6.45) is -3.52. The Labute approximate surface area is 178 Å². The second-order valence-corrected chi connectivity index (χ2v) is 9.54. The minimum absolute atomic E-state index is 0.000856. The van der Waals surface area contributed by atoms with Crippen LogP contribution in [0.25, 0.3) is 0 Å². The maximum absolute atomic E-state index is 13.2. The maximum atomic E-state index is 13.2. The van der Waals surface area contributed by atoms with Crippen molar-refractivity contribution in [2.24, 2.45) is 5.41 Å². The number of phenols is 1. The number of piperidine rings is 1. The van der Waals surface area contributed by atoms with Crippen molar-refractivity contribution in [2.75, 3.05) is 18.5 Å². The number of aromatic hydroxyl groups is 1. The molecule has 0 aromatic heterocycles. The van der Waals surface area contributed by atoms with Crippen LogP contribution in [-0.4, -0.2) is 53.3 Å². The van der Waals surface area contributed by atoms with Crippen LogP contribution in [0.15, 0.2) is 12.1 Å². The lowest BCUT2D eigenvalue weighted by atomic mass is 9.51. The Morgan fingerprint density at radius 3 is 2.58 bits per heavy atom. The van der Waals surface area contributed by atoms with Crippen LogP contribution in [0.5, 0.6) is 5.75 Å². The number of ether oxygens (including phenoxy) is 1. The molecule has 2 amide bonds. The molecular formula is C22H27F3N2O4. The van der Waals surface area contributed by atoms with Gasteiger partial charge in [-0.15, -0.1) is 0 Å². The largest absolute Gasteiger partial charge is 0.506 e. The van der Waals surface area contributed by atoms with E-state index in [2.05, 4.69) is 5.32 Å². The molecule has 31 heavy (non-hydrogen) atoms. The lowest BCUT2D eigenvalue weighted by Crippen LogP contribution is -2.66. The van der Waals surface area contributed by atoms with E-state index in [0.29, 0.717) is 25.0 Å². The molecule has 0 spiro atoms. The number of fused-ring (bicyclic) bond motifs is 4. The van der Waals surface area contributed by atoms with Gasteiger partial charge in [-0.1, -0.05) is 20.8 Å². The summed E-state index contributed by atoms with van der Waals surface area (Å²) in [5.74, 6) is -2.29. The van der Waals surface area contributed by atoms with Gasteiger partial charge in [0.25, 0.3) is 5.91 Å². The number of phenolic OH excluding ortho intramolecular Hbond substituents is 1. The van der Waals surface area contributed by atoms with Crippen LogP contribution in [0.2, 0.25) is 0 Å². The fourth-order valence-corrected chi connectivity index (χ4v) is 5.45. The number of benzene rings is 1. The summed E-state index contributed by atoms with van der Waals surface area (Å²) >= 11 is 0. The number of likely N-dealkylation sites (tertiary alicyclic amines) is 1. The molecule has 2 aliphatic heterocycles. The van der Waals surface area contributed by atoms with E-state index in [1.807, 2.05) is 20.8 Å². The van der Waals surface area contributed by atoms with E-state index in [1.54, 1.807) is 6.07 Å². The van der Waals surface area contributed by atoms with Gasteiger partial charge in [0.15, 0.2) is 0 Å². The van der Waals surface area contributed by atoms with Gasteiger partial charge in [0, 0.05) is 24.6 Å². The number of carbonyl (C=O) groups is 2. The Bertz CT molecular complexity index is 924. The molecular weight excluding hydrogens is 413 g/mol. The summed E-state index contributed by atoms with van der Waals surface area (Å²) in [4.78, 5) is 25.5. The summed E-state index contributed by atoms with van der Waals surface area (Å²) in [6, 6.07) is 2.58. The molecule has 2 N–H and O–H groups in total. The van der Waals surface area contributed by atoms with Gasteiger partial charge in [0.05, 0.1) is 5.69 Å². The number of anilines is 1. The van der Waals surface area contributed by atoms with Crippen molar-refractivity contribution >= 4 is 17.5 Å². The summed E-state index contributed by atoms with van der Waals surface area (Å²) in [6.45, 7) is 6.27. The van der Waals surface area contributed by atoms with Crippen molar-refractivity contribution in [1.29, 1.82) is 0 Å². The van der Waals surface area contributed by atoms with E-state index in [0.717, 1.165) is 16.9 Å². The maximum Gasteiger partial charge on any atom is 0.471 e. The van der Waals surface area contributed by atoms with Crippen LogP contribution in [0.1, 0.15) is 51.2 Å². The SMILES string of the molecule is CC1(C)[C@H]2Cc3cc(O)c(NC(=O)[C@H]4CCCO4)cc3[C@]1(C)CCN2C(=O)C(F)(F)F. The summed E-state index contributed by atoms with van der Waals surface area (Å²) < 4.78 is 45.0. The first-order valence-corrected chi connectivity index (χ1v) is 10.5. The van der Waals surface area contributed by atoms with E-state index in [1.165, 1.54) is 6.07 Å². The molecule has 170 valence electrons. The molecule has 2 saturated heterocycles. The third-order valence-corrected chi connectivity index (χ3v) is 7.70. The smallest absolute Gasteiger partial charge is 0.471 e. The Balaban J connectivity index is 1.70. The summed E-state index contributed by atoms with van der Waals surface area (Å²) in [5, 5.41) is 13.3. The number of nitrogens with one attached hydrogen (secondary N) is 1. The highest BCUT2D eigenvalue weighted by Crippen LogP contribution is 2.57. The van der Waals surface area contributed by atoms with Crippen molar-refractivity contribution in [1.82, 2.24) is 4.90 Å². The zero-order chi connectivity index (χ0) is 22.8. The molecule has 1 aliphatic carbocycles. The molecule has 3 aliphatic rings. The monoisotopic (exact) mass is 440 g/mol. The van der Waals surface area contributed by atoms with Gasteiger partial charge < -0.3 is 20.1 Å². The fourth-order valence-electron chi connectivity index (χ4n) is 5.45. The second kappa shape index (κ2) is 7.12. The van der Waals surface area contributed by atoms with Crippen LogP contribution in [0.4, 0.5) is 18.9 Å². The van der Waals surface area contributed by atoms with E-state index in [4.69, 9.17) is 4.74 Å². The van der Waals surface area contributed by atoms with Crippen LogP contribution < -0.4 is 5.32 Å². The number of hydrogen-bond donors (Lipinski definition) is 2. The van der Waals surface area contributed by atoms with Gasteiger partial charge in [-0.05, 0) is 54.4 Å². The third-order valence-electron chi connectivity index (χ3n) is 7.70.